The maximum Gasteiger partial charge on any atom is 0.277 e. The summed E-state index contributed by atoms with van der Waals surface area (Å²) in [5.74, 6) is -0.139. The quantitative estimate of drug-likeness (QED) is 0.665. The zero-order valence-electron chi connectivity index (χ0n) is 13.8. The molecule has 1 amide bonds. The topological polar surface area (TPSA) is 50.3 Å². The first-order valence-electron chi connectivity index (χ1n) is 8.11. The van der Waals surface area contributed by atoms with Gasteiger partial charge in [-0.3, -0.25) is 14.6 Å². The molecule has 0 N–H and O–H groups in total. The smallest absolute Gasteiger partial charge is 0.277 e. The summed E-state index contributed by atoms with van der Waals surface area (Å²) < 4.78 is 0. The van der Waals surface area contributed by atoms with Gasteiger partial charge in [0.2, 0.25) is 0 Å². The minimum absolute atomic E-state index is 0.00783. The molecule has 3 aromatic rings. The van der Waals surface area contributed by atoms with Crippen LogP contribution >= 0.6 is 0 Å². The van der Waals surface area contributed by atoms with Gasteiger partial charge in [-0.15, -0.1) is 0 Å². The van der Waals surface area contributed by atoms with E-state index in [0.29, 0.717) is 17.8 Å². The van der Waals surface area contributed by atoms with Crippen molar-refractivity contribution >= 4 is 17.4 Å². The van der Waals surface area contributed by atoms with Gasteiger partial charge in [0.25, 0.3) is 5.91 Å². The van der Waals surface area contributed by atoms with Crippen molar-refractivity contribution in [3.05, 3.63) is 83.7 Å². The van der Waals surface area contributed by atoms with Crippen molar-refractivity contribution in [2.45, 2.75) is 13.5 Å². The lowest BCUT2D eigenvalue weighted by Gasteiger charge is -2.31. The fourth-order valence-corrected chi connectivity index (χ4v) is 3.19. The Labute approximate surface area is 145 Å². The summed E-state index contributed by atoms with van der Waals surface area (Å²) in [4.78, 5) is 30.7. The summed E-state index contributed by atoms with van der Waals surface area (Å²) >= 11 is 0. The van der Waals surface area contributed by atoms with Crippen molar-refractivity contribution in [1.82, 2.24) is 4.98 Å². The highest BCUT2D eigenvalue weighted by atomic mass is 16.2. The van der Waals surface area contributed by atoms with E-state index in [1.54, 1.807) is 42.3 Å². The van der Waals surface area contributed by atoms with Gasteiger partial charge in [0, 0.05) is 17.3 Å². The van der Waals surface area contributed by atoms with E-state index >= 15 is 0 Å². The molecule has 0 atom stereocenters. The number of amides is 1. The molecule has 0 bridgehead atoms. The van der Waals surface area contributed by atoms with Crippen LogP contribution in [0.15, 0.2) is 66.9 Å². The number of hydrogen-bond donors (Lipinski definition) is 0. The molecule has 0 saturated heterocycles. The van der Waals surface area contributed by atoms with E-state index in [0.717, 1.165) is 22.4 Å². The normalized spacial score (nSPS) is 12.3. The van der Waals surface area contributed by atoms with Gasteiger partial charge < -0.3 is 4.90 Å². The van der Waals surface area contributed by atoms with Gasteiger partial charge in [-0.25, -0.2) is 0 Å². The second-order valence-electron chi connectivity index (χ2n) is 6.05. The molecule has 0 spiro atoms. The first kappa shape index (κ1) is 15.3. The molecule has 0 saturated carbocycles. The molecular formula is C21H16N2O2. The zero-order valence-corrected chi connectivity index (χ0v) is 13.8. The standard InChI is InChI=1S/C21H16N2O2/c1-14(24)15-9-10-20-18(12-15)17-7-3-2-6-16(17)13-23(20)21(25)19-8-4-5-11-22-19/h2-12H,13H2,1H3. The van der Waals surface area contributed by atoms with Gasteiger partial charge in [-0.1, -0.05) is 30.3 Å². The Hall–Kier alpha value is -3.27. The predicted octanol–water partition coefficient (Wildman–Crippen LogP) is 4.11. The number of anilines is 1. The van der Waals surface area contributed by atoms with Crippen molar-refractivity contribution in [3.63, 3.8) is 0 Å². The fourth-order valence-electron chi connectivity index (χ4n) is 3.19. The van der Waals surface area contributed by atoms with E-state index in [-0.39, 0.29) is 11.7 Å². The lowest BCUT2D eigenvalue weighted by Crippen LogP contribution is -2.33. The lowest BCUT2D eigenvalue weighted by molar-refractivity contribution is 0.0979. The molecule has 25 heavy (non-hydrogen) atoms. The van der Waals surface area contributed by atoms with Gasteiger partial charge in [0.15, 0.2) is 5.78 Å². The Bertz CT molecular complexity index is 980. The summed E-state index contributed by atoms with van der Waals surface area (Å²) in [6, 6.07) is 18.8. The number of Topliss-reactive ketones (excluding diaryl/α,β-unsaturated/α-hetero) is 1. The first-order valence-corrected chi connectivity index (χ1v) is 8.11. The second kappa shape index (κ2) is 5.98. The molecule has 1 aromatic heterocycles. The van der Waals surface area contributed by atoms with Gasteiger partial charge in [-0.05, 0) is 48.4 Å². The van der Waals surface area contributed by atoms with Crippen LogP contribution in [0.3, 0.4) is 0 Å². The number of rotatable bonds is 2. The van der Waals surface area contributed by atoms with Crippen LogP contribution in [0.4, 0.5) is 5.69 Å². The number of ketones is 1. The summed E-state index contributed by atoms with van der Waals surface area (Å²) in [6.45, 7) is 2.03. The van der Waals surface area contributed by atoms with Crippen LogP contribution in [0.5, 0.6) is 0 Å². The number of benzene rings is 2. The molecule has 0 radical (unpaired) electrons. The Kier molecular flexibility index (Phi) is 3.65. The van der Waals surface area contributed by atoms with E-state index in [1.807, 2.05) is 36.4 Å². The highest BCUT2D eigenvalue weighted by Gasteiger charge is 2.28. The number of fused-ring (bicyclic) bond motifs is 3. The van der Waals surface area contributed by atoms with Crippen molar-refractivity contribution in [1.29, 1.82) is 0 Å². The summed E-state index contributed by atoms with van der Waals surface area (Å²) in [5, 5.41) is 0. The molecule has 4 nitrogen and oxygen atoms in total. The van der Waals surface area contributed by atoms with Crippen LogP contribution in [0.25, 0.3) is 11.1 Å². The Morgan fingerprint density at radius 3 is 2.52 bits per heavy atom. The first-order chi connectivity index (χ1) is 12.1. The fraction of sp³-hybridized carbons (Fsp3) is 0.0952. The Morgan fingerprint density at radius 2 is 1.76 bits per heavy atom. The van der Waals surface area contributed by atoms with Crippen molar-refractivity contribution < 1.29 is 9.59 Å². The van der Waals surface area contributed by atoms with Crippen LogP contribution in [0.1, 0.15) is 33.3 Å². The minimum Gasteiger partial charge on any atom is -0.302 e. The van der Waals surface area contributed by atoms with Crippen LogP contribution in [0.2, 0.25) is 0 Å². The molecule has 0 fully saturated rings. The van der Waals surface area contributed by atoms with Gasteiger partial charge in [-0.2, -0.15) is 0 Å². The number of pyridine rings is 1. The zero-order chi connectivity index (χ0) is 17.4. The molecule has 4 heteroatoms. The number of aromatic nitrogens is 1. The monoisotopic (exact) mass is 328 g/mol. The molecule has 0 aliphatic carbocycles. The minimum atomic E-state index is -0.146. The largest absolute Gasteiger partial charge is 0.302 e. The number of carbonyl (C=O) groups excluding carboxylic acids is 2. The summed E-state index contributed by atoms with van der Waals surface area (Å²) in [7, 11) is 0. The SMILES string of the molecule is CC(=O)c1ccc2c(c1)-c1ccccc1CN2C(=O)c1ccccn1. The van der Waals surface area contributed by atoms with Crippen molar-refractivity contribution in [3.8, 4) is 11.1 Å². The maximum absolute atomic E-state index is 13.0. The predicted molar refractivity (Wildman–Crippen MR) is 96.6 cm³/mol. The second-order valence-corrected chi connectivity index (χ2v) is 6.05. The Balaban J connectivity index is 1.88. The molecular weight excluding hydrogens is 312 g/mol. The number of hydrogen-bond acceptors (Lipinski definition) is 3. The number of nitrogens with zero attached hydrogens (tertiary/aromatic N) is 2. The molecule has 2 heterocycles. The molecule has 1 aliphatic rings. The Morgan fingerprint density at radius 1 is 0.960 bits per heavy atom. The van der Waals surface area contributed by atoms with Gasteiger partial charge in [0.1, 0.15) is 5.69 Å². The van der Waals surface area contributed by atoms with Crippen molar-refractivity contribution in [2.75, 3.05) is 4.90 Å². The highest BCUT2D eigenvalue weighted by Crippen LogP contribution is 2.40. The average Bonchev–Trinajstić information content (AvgIpc) is 2.67. The molecule has 122 valence electrons. The van der Waals surface area contributed by atoms with E-state index in [9.17, 15) is 9.59 Å². The van der Waals surface area contributed by atoms with Crippen LogP contribution < -0.4 is 4.90 Å². The van der Waals surface area contributed by atoms with E-state index < -0.39 is 0 Å². The van der Waals surface area contributed by atoms with Crippen LogP contribution in [0, 0.1) is 0 Å². The summed E-state index contributed by atoms with van der Waals surface area (Å²) in [6.07, 6.45) is 1.62. The summed E-state index contributed by atoms with van der Waals surface area (Å²) in [5.41, 5.74) is 4.87. The van der Waals surface area contributed by atoms with Crippen molar-refractivity contribution in [2.24, 2.45) is 0 Å². The van der Waals surface area contributed by atoms with E-state index in [1.165, 1.54) is 0 Å². The van der Waals surface area contributed by atoms with Crippen LogP contribution in [-0.2, 0) is 6.54 Å². The van der Waals surface area contributed by atoms with Gasteiger partial charge >= 0.3 is 0 Å². The van der Waals surface area contributed by atoms with E-state index in [2.05, 4.69) is 4.98 Å². The number of carbonyl (C=O) groups is 2. The average molecular weight is 328 g/mol. The molecule has 1 aliphatic heterocycles. The lowest BCUT2D eigenvalue weighted by atomic mass is 9.91. The van der Waals surface area contributed by atoms with Crippen LogP contribution in [-0.4, -0.2) is 16.7 Å². The molecule has 4 rings (SSSR count). The third-order valence-electron chi connectivity index (χ3n) is 4.46. The molecule has 0 unspecified atom stereocenters. The highest BCUT2D eigenvalue weighted by molar-refractivity contribution is 6.09. The third-order valence-corrected chi connectivity index (χ3v) is 4.46. The third kappa shape index (κ3) is 2.62. The maximum atomic E-state index is 13.0. The van der Waals surface area contributed by atoms with Gasteiger partial charge in [0.05, 0.1) is 12.2 Å². The molecule has 2 aromatic carbocycles. The van der Waals surface area contributed by atoms with E-state index in [4.69, 9.17) is 0 Å².